The molecule has 1 aliphatic heterocycles. The number of benzene rings is 1. The zero-order valence-corrected chi connectivity index (χ0v) is 15.9. The topological polar surface area (TPSA) is 66.8 Å². The maximum atomic E-state index is 12.6. The molecule has 0 atom stereocenters. The molecule has 0 unspecified atom stereocenters. The molecule has 0 radical (unpaired) electrons. The normalized spacial score (nSPS) is 14.1. The van der Waals surface area contributed by atoms with Gasteiger partial charge in [0.1, 0.15) is 5.75 Å². The van der Waals surface area contributed by atoms with Gasteiger partial charge in [-0.25, -0.2) is 4.79 Å². The van der Waals surface area contributed by atoms with E-state index in [2.05, 4.69) is 16.0 Å². The molecule has 1 N–H and O–H groups in total. The summed E-state index contributed by atoms with van der Waals surface area (Å²) in [5.74, 6) is 0.634. The number of amides is 3. The molecule has 0 spiro atoms. The Hall–Kier alpha value is -2.96. The Morgan fingerprint density at radius 2 is 1.81 bits per heavy atom. The number of ether oxygens (including phenoxy) is 1. The Morgan fingerprint density at radius 1 is 1.07 bits per heavy atom. The van der Waals surface area contributed by atoms with Crippen molar-refractivity contribution in [3.8, 4) is 5.75 Å². The summed E-state index contributed by atoms with van der Waals surface area (Å²) in [5.41, 5.74) is 1.79. The predicted molar refractivity (Wildman–Crippen MR) is 103 cm³/mol. The Bertz CT molecular complexity index is 794. The fraction of sp³-hybridized carbons (Fsp3) is 0.400. The van der Waals surface area contributed by atoms with Crippen LogP contribution in [-0.4, -0.2) is 66.1 Å². The average molecular weight is 370 g/mol. The van der Waals surface area contributed by atoms with Crippen molar-refractivity contribution >= 4 is 11.9 Å². The van der Waals surface area contributed by atoms with Crippen LogP contribution in [0, 0.1) is 0 Å². The highest BCUT2D eigenvalue weighted by atomic mass is 16.5. The van der Waals surface area contributed by atoms with Gasteiger partial charge in [0.25, 0.3) is 5.91 Å². The number of rotatable bonds is 5. The summed E-state index contributed by atoms with van der Waals surface area (Å²) in [7, 11) is 3.58. The van der Waals surface area contributed by atoms with E-state index in [1.807, 2.05) is 31.4 Å². The molecule has 1 fully saturated rings. The van der Waals surface area contributed by atoms with Crippen LogP contribution in [0.2, 0.25) is 0 Å². The van der Waals surface area contributed by atoms with Gasteiger partial charge in [-0.1, -0.05) is 6.07 Å². The van der Waals surface area contributed by atoms with Gasteiger partial charge < -0.3 is 24.4 Å². The highest BCUT2D eigenvalue weighted by molar-refractivity contribution is 5.94. The minimum Gasteiger partial charge on any atom is -0.497 e. The molecule has 1 aliphatic rings. The summed E-state index contributed by atoms with van der Waals surface area (Å²) in [6, 6.07) is 11.1. The Labute approximate surface area is 159 Å². The van der Waals surface area contributed by atoms with Gasteiger partial charge in [0.2, 0.25) is 0 Å². The van der Waals surface area contributed by atoms with Crippen LogP contribution in [0.3, 0.4) is 0 Å². The van der Waals surface area contributed by atoms with Crippen LogP contribution in [0.25, 0.3) is 0 Å². The van der Waals surface area contributed by atoms with Gasteiger partial charge >= 0.3 is 6.03 Å². The van der Waals surface area contributed by atoms with Gasteiger partial charge in [0.15, 0.2) is 0 Å². The van der Waals surface area contributed by atoms with Crippen molar-refractivity contribution in [2.24, 2.45) is 7.05 Å². The molecule has 3 rings (SSSR count). The molecule has 0 saturated carbocycles. The molecular formula is C20H26N4O3. The fourth-order valence-electron chi connectivity index (χ4n) is 3.22. The lowest BCUT2D eigenvalue weighted by Crippen LogP contribution is -2.53. The third-order valence-corrected chi connectivity index (χ3v) is 4.88. The molecule has 7 heteroatoms. The summed E-state index contributed by atoms with van der Waals surface area (Å²) in [6.07, 6.45) is 2.79. The summed E-state index contributed by atoms with van der Waals surface area (Å²) in [4.78, 5) is 28.5. The molecule has 2 heterocycles. The molecule has 0 bridgehead atoms. The number of nitrogens with zero attached hydrogens (tertiary/aromatic N) is 3. The Kier molecular flexibility index (Phi) is 6.01. The van der Waals surface area contributed by atoms with Crippen LogP contribution in [0.1, 0.15) is 16.1 Å². The number of nitrogens with one attached hydrogen (secondary N) is 1. The van der Waals surface area contributed by atoms with Crippen molar-refractivity contribution in [2.75, 3.05) is 39.8 Å². The van der Waals surface area contributed by atoms with Gasteiger partial charge in [0, 0.05) is 63.6 Å². The number of methoxy groups -OCH3 is 1. The zero-order chi connectivity index (χ0) is 19.2. The molecule has 1 saturated heterocycles. The second-order valence-electron chi connectivity index (χ2n) is 6.60. The molecule has 0 aliphatic carbocycles. The lowest BCUT2D eigenvalue weighted by molar-refractivity contribution is 0.0665. The van der Waals surface area contributed by atoms with E-state index >= 15 is 0 Å². The molecular weight excluding hydrogens is 344 g/mol. The maximum Gasteiger partial charge on any atom is 0.317 e. The van der Waals surface area contributed by atoms with Gasteiger partial charge in [-0.15, -0.1) is 0 Å². The predicted octanol–water partition coefficient (Wildman–Crippen LogP) is 1.74. The Balaban J connectivity index is 1.45. The number of aromatic nitrogens is 1. The molecule has 2 aromatic rings. The monoisotopic (exact) mass is 370 g/mol. The van der Waals surface area contributed by atoms with Crippen LogP contribution in [0.5, 0.6) is 5.75 Å². The second kappa shape index (κ2) is 8.62. The number of piperazine rings is 1. The lowest BCUT2D eigenvalue weighted by Gasteiger charge is -2.34. The molecule has 3 amide bonds. The number of urea groups is 1. The third-order valence-electron chi connectivity index (χ3n) is 4.88. The molecule has 27 heavy (non-hydrogen) atoms. The molecule has 1 aromatic heterocycles. The van der Waals surface area contributed by atoms with E-state index in [1.54, 1.807) is 29.0 Å². The van der Waals surface area contributed by atoms with E-state index in [4.69, 9.17) is 4.74 Å². The number of carbonyl (C=O) groups is 2. The quantitative estimate of drug-likeness (QED) is 0.872. The van der Waals surface area contributed by atoms with E-state index in [9.17, 15) is 9.59 Å². The van der Waals surface area contributed by atoms with Crippen LogP contribution in [0.4, 0.5) is 4.79 Å². The maximum absolute atomic E-state index is 12.6. The van der Waals surface area contributed by atoms with E-state index in [0.29, 0.717) is 44.0 Å². The van der Waals surface area contributed by atoms with Gasteiger partial charge in [-0.2, -0.15) is 0 Å². The standard InChI is InChI=1S/C20H26N4O3/c1-22-10-4-6-17(22)8-9-21-20(26)24-13-11-23(12-14-24)19(25)16-5-3-7-18(15-16)27-2/h3-7,10,15H,8-9,11-14H2,1-2H3,(H,21,26). The van der Waals surface area contributed by atoms with Crippen LogP contribution >= 0.6 is 0 Å². The van der Waals surface area contributed by atoms with E-state index in [0.717, 1.165) is 6.42 Å². The van der Waals surface area contributed by atoms with Crippen LogP contribution in [0.15, 0.2) is 42.6 Å². The number of aryl methyl sites for hydroxylation is 1. The summed E-state index contributed by atoms with van der Waals surface area (Å²) >= 11 is 0. The lowest BCUT2D eigenvalue weighted by atomic mass is 10.1. The van der Waals surface area contributed by atoms with E-state index < -0.39 is 0 Å². The first-order chi connectivity index (χ1) is 13.1. The minimum atomic E-state index is -0.0716. The Morgan fingerprint density at radius 3 is 2.48 bits per heavy atom. The molecule has 144 valence electrons. The second-order valence-corrected chi connectivity index (χ2v) is 6.60. The number of hydrogen-bond donors (Lipinski definition) is 1. The van der Waals surface area contributed by atoms with E-state index in [1.165, 1.54) is 5.69 Å². The summed E-state index contributed by atoms with van der Waals surface area (Å²) in [5, 5.41) is 2.96. The van der Waals surface area contributed by atoms with Gasteiger partial charge in [-0.3, -0.25) is 4.79 Å². The molecule has 1 aromatic carbocycles. The van der Waals surface area contributed by atoms with Crippen molar-refractivity contribution in [3.63, 3.8) is 0 Å². The number of hydrogen-bond acceptors (Lipinski definition) is 3. The van der Waals surface area contributed by atoms with Crippen molar-refractivity contribution in [1.82, 2.24) is 19.7 Å². The SMILES string of the molecule is COc1cccc(C(=O)N2CCN(C(=O)NCCc3cccn3C)CC2)c1. The number of carbonyl (C=O) groups excluding carboxylic acids is 2. The summed E-state index contributed by atoms with van der Waals surface area (Å²) in [6.45, 7) is 2.72. The minimum absolute atomic E-state index is 0.0299. The first-order valence-electron chi connectivity index (χ1n) is 9.15. The highest BCUT2D eigenvalue weighted by Crippen LogP contribution is 2.15. The van der Waals surface area contributed by atoms with Crippen molar-refractivity contribution in [3.05, 3.63) is 53.9 Å². The smallest absolute Gasteiger partial charge is 0.317 e. The van der Waals surface area contributed by atoms with E-state index in [-0.39, 0.29) is 11.9 Å². The largest absolute Gasteiger partial charge is 0.497 e. The average Bonchev–Trinajstić information content (AvgIpc) is 3.12. The van der Waals surface area contributed by atoms with Gasteiger partial charge in [-0.05, 0) is 30.3 Å². The first-order valence-corrected chi connectivity index (χ1v) is 9.15. The summed E-state index contributed by atoms with van der Waals surface area (Å²) < 4.78 is 7.23. The van der Waals surface area contributed by atoms with Crippen LogP contribution < -0.4 is 10.1 Å². The third kappa shape index (κ3) is 4.61. The van der Waals surface area contributed by atoms with Gasteiger partial charge in [0.05, 0.1) is 7.11 Å². The van der Waals surface area contributed by atoms with Crippen molar-refractivity contribution in [1.29, 1.82) is 0 Å². The first kappa shape index (κ1) is 18.8. The highest BCUT2D eigenvalue weighted by Gasteiger charge is 2.24. The van der Waals surface area contributed by atoms with Crippen LogP contribution in [-0.2, 0) is 13.5 Å². The molecule has 7 nitrogen and oxygen atoms in total. The zero-order valence-electron chi connectivity index (χ0n) is 15.9. The van der Waals surface area contributed by atoms with Crippen molar-refractivity contribution < 1.29 is 14.3 Å². The fourth-order valence-corrected chi connectivity index (χ4v) is 3.22. The van der Waals surface area contributed by atoms with Crippen molar-refractivity contribution in [2.45, 2.75) is 6.42 Å².